The van der Waals surface area contributed by atoms with Gasteiger partial charge in [-0.3, -0.25) is 39.6 Å². The molecule has 8 amide bonds. The summed E-state index contributed by atoms with van der Waals surface area (Å²) in [5.41, 5.74) is -0.734. The molecule has 0 spiro atoms. The van der Waals surface area contributed by atoms with Gasteiger partial charge in [-0.05, 0) is 82.8 Å². The van der Waals surface area contributed by atoms with E-state index in [1.165, 1.54) is 26.9 Å². The molecule has 2 N–H and O–H groups in total. The number of hydrogen-bond donors (Lipinski definition) is 2. The van der Waals surface area contributed by atoms with E-state index < -0.39 is 46.5 Å². The van der Waals surface area contributed by atoms with E-state index in [9.17, 15) is 33.6 Å². The number of nitrogens with zero attached hydrogens (tertiary/aromatic N) is 2. The summed E-state index contributed by atoms with van der Waals surface area (Å²) >= 11 is 0. The summed E-state index contributed by atoms with van der Waals surface area (Å²) in [6.07, 6.45) is 16.5. The molecule has 2 atom stereocenters. The number of hydrogen-bond acceptors (Lipinski definition) is 7. The quantitative estimate of drug-likeness (QED) is 0.210. The lowest BCUT2D eigenvalue weighted by atomic mass is 9.74. The van der Waals surface area contributed by atoms with Crippen molar-refractivity contribution in [3.63, 3.8) is 0 Å². The van der Waals surface area contributed by atoms with Crippen molar-refractivity contribution in [2.75, 3.05) is 14.1 Å². The molecular weight excluding hydrogens is 528 g/mol. The van der Waals surface area contributed by atoms with Crippen molar-refractivity contribution in [2.24, 2.45) is 10.8 Å². The maximum Gasteiger partial charge on any atom is 0.330 e. The van der Waals surface area contributed by atoms with Gasteiger partial charge >= 0.3 is 12.1 Å². The smallest absolute Gasteiger partial charge is 0.303 e. The van der Waals surface area contributed by atoms with Gasteiger partial charge in [0.25, 0.3) is 0 Å². The summed E-state index contributed by atoms with van der Waals surface area (Å²) in [4.78, 5) is 82.6. The van der Waals surface area contributed by atoms with Crippen molar-refractivity contribution >= 4 is 42.0 Å². The molecule has 0 aromatic carbocycles. The number of aldehydes is 1. The average molecular weight is 573 g/mol. The molecule has 0 aromatic heterocycles. The highest BCUT2D eigenvalue weighted by atomic mass is 16.2. The Balaban J connectivity index is 0.000000235. The van der Waals surface area contributed by atoms with Gasteiger partial charge in [0.1, 0.15) is 17.1 Å². The summed E-state index contributed by atoms with van der Waals surface area (Å²) in [7, 11) is 2.79. The lowest BCUT2D eigenvalue weighted by Gasteiger charge is -2.37. The standard InChI is InChI=1S/2C12H16N2O3.C6H12O/c2*1-12(8-6-4-3-5-7-8)9(15)13-11(17)14(2)10(12)16;1-2-3-4-5-6-7/h2*6H,3-5,7H2,1-2H3,(H,13,15,17);6H,2-5H2,1H3. The van der Waals surface area contributed by atoms with Gasteiger partial charge in [0, 0.05) is 20.5 Å². The molecular formula is C30H44N4O7. The van der Waals surface area contributed by atoms with Crippen LogP contribution in [-0.2, 0) is 24.0 Å². The summed E-state index contributed by atoms with van der Waals surface area (Å²) < 4.78 is 0. The fourth-order valence-electron chi connectivity index (χ4n) is 5.29. The lowest BCUT2D eigenvalue weighted by Crippen LogP contribution is -2.62. The van der Waals surface area contributed by atoms with E-state index in [0.717, 1.165) is 91.4 Å². The highest BCUT2D eigenvalue weighted by Crippen LogP contribution is 2.38. The van der Waals surface area contributed by atoms with Gasteiger partial charge in [-0.1, -0.05) is 31.9 Å². The molecule has 2 aliphatic heterocycles. The van der Waals surface area contributed by atoms with Crippen molar-refractivity contribution in [3.05, 3.63) is 23.3 Å². The van der Waals surface area contributed by atoms with Crippen molar-refractivity contribution in [1.29, 1.82) is 0 Å². The third-order valence-corrected chi connectivity index (χ3v) is 8.22. The van der Waals surface area contributed by atoms with Crippen LogP contribution in [-0.4, -0.2) is 65.9 Å². The Hall–Kier alpha value is -3.63. The van der Waals surface area contributed by atoms with Crippen molar-refractivity contribution in [3.8, 4) is 0 Å². The molecule has 41 heavy (non-hydrogen) atoms. The predicted octanol–water partition coefficient (Wildman–Crippen LogP) is 4.17. The Bertz CT molecular complexity index is 1050. The first kappa shape index (κ1) is 33.6. The lowest BCUT2D eigenvalue weighted by molar-refractivity contribution is -0.148. The van der Waals surface area contributed by atoms with Crippen LogP contribution >= 0.6 is 0 Å². The monoisotopic (exact) mass is 572 g/mol. The van der Waals surface area contributed by atoms with Crippen LogP contribution in [0.5, 0.6) is 0 Å². The zero-order valence-corrected chi connectivity index (χ0v) is 25.0. The molecule has 0 bridgehead atoms. The normalized spacial score (nSPS) is 26.5. The largest absolute Gasteiger partial charge is 0.330 e. The van der Waals surface area contributed by atoms with E-state index in [1.54, 1.807) is 13.8 Å². The molecule has 2 saturated heterocycles. The van der Waals surface area contributed by atoms with E-state index in [1.807, 2.05) is 12.2 Å². The highest BCUT2D eigenvalue weighted by molar-refractivity contribution is 6.21. The number of carbonyl (C=O) groups is 7. The highest BCUT2D eigenvalue weighted by Gasteiger charge is 2.52. The van der Waals surface area contributed by atoms with E-state index >= 15 is 0 Å². The maximum absolute atomic E-state index is 12.2. The Morgan fingerprint density at radius 1 is 0.732 bits per heavy atom. The van der Waals surface area contributed by atoms with Gasteiger partial charge in [0.05, 0.1) is 0 Å². The van der Waals surface area contributed by atoms with Gasteiger partial charge in [-0.2, -0.15) is 0 Å². The molecule has 11 heteroatoms. The molecule has 2 aliphatic carbocycles. The zero-order valence-electron chi connectivity index (χ0n) is 25.0. The first-order chi connectivity index (χ1) is 19.4. The van der Waals surface area contributed by atoms with Crippen LogP contribution in [0.1, 0.15) is 97.8 Å². The number of barbiturate groups is 2. The van der Waals surface area contributed by atoms with Crippen LogP contribution in [0.25, 0.3) is 0 Å². The number of imide groups is 4. The van der Waals surface area contributed by atoms with Gasteiger partial charge in [-0.15, -0.1) is 0 Å². The molecule has 4 aliphatic rings. The fourth-order valence-corrected chi connectivity index (χ4v) is 5.29. The first-order valence-electron chi connectivity index (χ1n) is 14.5. The molecule has 226 valence electrons. The Morgan fingerprint density at radius 3 is 1.46 bits per heavy atom. The zero-order chi connectivity index (χ0) is 30.8. The molecule has 0 radical (unpaired) electrons. The Kier molecular flexibility index (Phi) is 12.2. The number of allylic oxidation sites excluding steroid dienone is 2. The number of nitrogens with one attached hydrogen (secondary N) is 2. The number of amides is 8. The molecule has 2 fully saturated rings. The second-order valence-electron chi connectivity index (χ2n) is 11.1. The minimum absolute atomic E-state index is 0.431. The van der Waals surface area contributed by atoms with Crippen LogP contribution in [0.15, 0.2) is 23.3 Å². The van der Waals surface area contributed by atoms with E-state index in [4.69, 9.17) is 0 Å². The molecule has 0 aromatic rings. The summed E-state index contributed by atoms with van der Waals surface area (Å²) in [5.74, 6) is -1.86. The number of carbonyl (C=O) groups excluding carboxylic acids is 7. The predicted molar refractivity (Wildman–Crippen MR) is 152 cm³/mol. The van der Waals surface area contributed by atoms with Crippen molar-refractivity contribution in [2.45, 2.75) is 97.8 Å². The van der Waals surface area contributed by atoms with Crippen LogP contribution < -0.4 is 10.6 Å². The minimum Gasteiger partial charge on any atom is -0.303 e. The Morgan fingerprint density at radius 2 is 1.15 bits per heavy atom. The van der Waals surface area contributed by atoms with Gasteiger partial charge < -0.3 is 4.79 Å². The minimum atomic E-state index is -1.21. The van der Waals surface area contributed by atoms with E-state index in [2.05, 4.69) is 17.6 Å². The second kappa shape index (κ2) is 14.8. The van der Waals surface area contributed by atoms with Crippen molar-refractivity contribution in [1.82, 2.24) is 20.4 Å². The summed E-state index contributed by atoms with van der Waals surface area (Å²) in [6, 6.07) is -1.29. The van der Waals surface area contributed by atoms with Gasteiger partial charge in [0.15, 0.2) is 0 Å². The number of unbranched alkanes of at least 4 members (excludes halogenated alkanes) is 3. The second-order valence-corrected chi connectivity index (χ2v) is 11.1. The third kappa shape index (κ3) is 7.37. The third-order valence-electron chi connectivity index (χ3n) is 8.22. The van der Waals surface area contributed by atoms with Gasteiger partial charge in [-0.25, -0.2) is 9.59 Å². The van der Waals surface area contributed by atoms with Crippen LogP contribution in [0, 0.1) is 10.8 Å². The van der Waals surface area contributed by atoms with Crippen LogP contribution in [0.4, 0.5) is 9.59 Å². The fraction of sp³-hybridized carbons (Fsp3) is 0.633. The molecule has 11 nitrogen and oxygen atoms in total. The average Bonchev–Trinajstić information content (AvgIpc) is 2.99. The topological polar surface area (TPSA) is 150 Å². The molecule has 4 rings (SSSR count). The number of urea groups is 2. The van der Waals surface area contributed by atoms with E-state index in [-0.39, 0.29) is 0 Å². The molecule has 0 saturated carbocycles. The number of rotatable bonds is 6. The van der Waals surface area contributed by atoms with E-state index in [0.29, 0.717) is 0 Å². The Labute approximate surface area is 242 Å². The first-order valence-corrected chi connectivity index (χ1v) is 14.5. The maximum atomic E-state index is 12.2. The summed E-state index contributed by atoms with van der Waals surface area (Å²) in [6.45, 7) is 5.33. The molecule has 2 unspecified atom stereocenters. The molecule has 2 heterocycles. The van der Waals surface area contributed by atoms with Crippen LogP contribution in [0.2, 0.25) is 0 Å². The van der Waals surface area contributed by atoms with Crippen LogP contribution in [0.3, 0.4) is 0 Å². The van der Waals surface area contributed by atoms with Gasteiger partial charge in [0.2, 0.25) is 23.6 Å². The van der Waals surface area contributed by atoms with Crippen molar-refractivity contribution < 1.29 is 33.6 Å². The SMILES string of the molecule is CCCCCC=O.CN1C(=O)NC(=O)C(C)(C2=CCCCC2)C1=O.CN1C(=O)NC(=O)C(C)(C2=CCCCC2)C1=O. The summed E-state index contributed by atoms with van der Waals surface area (Å²) in [5, 5.41) is 4.47.